The van der Waals surface area contributed by atoms with Gasteiger partial charge in [0.25, 0.3) is 11.8 Å². The normalized spacial score (nSPS) is 10.1. The number of hydrogen-bond acceptors (Lipinski definition) is 6. The Hall–Kier alpha value is -4.44. The molecule has 0 spiro atoms. The molecule has 0 radical (unpaired) electrons. The summed E-state index contributed by atoms with van der Waals surface area (Å²) in [4.78, 5) is 36.5. The largest absolute Gasteiger partial charge is 0.490 e. The van der Waals surface area contributed by atoms with E-state index in [9.17, 15) is 14.4 Å². The fraction of sp³-hybridized carbons (Fsp3) is 0.185. The molecular weight excluding hydrogens is 492 g/mol. The molecule has 3 aromatic rings. The fourth-order valence-electron chi connectivity index (χ4n) is 3.11. The Balaban J connectivity index is 1.41. The van der Waals surface area contributed by atoms with Gasteiger partial charge in [-0.25, -0.2) is 0 Å². The van der Waals surface area contributed by atoms with E-state index in [1.54, 1.807) is 48.5 Å². The van der Waals surface area contributed by atoms with E-state index >= 15 is 0 Å². The second-order valence-electron chi connectivity index (χ2n) is 7.78. The van der Waals surface area contributed by atoms with Crippen molar-refractivity contribution in [3.63, 3.8) is 0 Å². The van der Waals surface area contributed by atoms with E-state index in [1.165, 1.54) is 0 Å². The molecule has 9 nitrogen and oxygen atoms in total. The topological polar surface area (TPSA) is 118 Å². The van der Waals surface area contributed by atoms with Crippen LogP contribution in [0.5, 0.6) is 11.5 Å². The number of benzene rings is 3. The van der Waals surface area contributed by atoms with Crippen LogP contribution >= 0.6 is 12.2 Å². The molecule has 0 bridgehead atoms. The molecule has 0 aliphatic carbocycles. The maximum absolute atomic E-state index is 12.5. The summed E-state index contributed by atoms with van der Waals surface area (Å²) >= 11 is 5.10. The third-order valence-electron chi connectivity index (χ3n) is 4.88. The average Bonchev–Trinajstić information content (AvgIpc) is 2.91. The number of nitrogens with one attached hydrogen (secondary N) is 4. The van der Waals surface area contributed by atoms with E-state index < -0.39 is 11.8 Å². The van der Waals surface area contributed by atoms with Crippen LogP contribution in [0.15, 0.2) is 78.9 Å². The van der Waals surface area contributed by atoms with Crippen molar-refractivity contribution in [3.8, 4) is 11.5 Å². The van der Waals surface area contributed by atoms with Gasteiger partial charge in [0, 0.05) is 23.2 Å². The van der Waals surface area contributed by atoms with Crippen molar-refractivity contribution < 1.29 is 23.9 Å². The molecule has 0 aliphatic heterocycles. The summed E-state index contributed by atoms with van der Waals surface area (Å²) in [6.45, 7) is 2.58. The van der Waals surface area contributed by atoms with Crippen LogP contribution in [-0.4, -0.2) is 36.0 Å². The first-order valence-electron chi connectivity index (χ1n) is 11.7. The van der Waals surface area contributed by atoms with Gasteiger partial charge in [-0.3, -0.25) is 30.6 Å². The molecule has 3 amide bonds. The lowest BCUT2D eigenvalue weighted by atomic mass is 10.2. The molecule has 0 saturated heterocycles. The Morgan fingerprint density at radius 1 is 0.757 bits per heavy atom. The highest BCUT2D eigenvalue weighted by atomic mass is 32.1. The van der Waals surface area contributed by atoms with Crippen molar-refractivity contribution in [2.75, 3.05) is 18.5 Å². The Morgan fingerprint density at radius 2 is 1.43 bits per heavy atom. The second kappa shape index (κ2) is 14.2. The molecule has 0 saturated carbocycles. The van der Waals surface area contributed by atoms with Gasteiger partial charge < -0.3 is 14.8 Å². The molecule has 192 valence electrons. The van der Waals surface area contributed by atoms with Gasteiger partial charge in [-0.05, 0) is 73.2 Å². The van der Waals surface area contributed by atoms with Crippen LogP contribution in [0.25, 0.3) is 0 Å². The number of amides is 3. The van der Waals surface area contributed by atoms with Crippen LogP contribution in [0.3, 0.4) is 0 Å². The van der Waals surface area contributed by atoms with E-state index in [0.29, 0.717) is 42.2 Å². The Bertz CT molecular complexity index is 1220. The number of hydrazine groups is 1. The summed E-state index contributed by atoms with van der Waals surface area (Å²) in [7, 11) is 0. The lowest BCUT2D eigenvalue weighted by Gasteiger charge is -2.12. The average molecular weight is 521 g/mol. The number of thiocarbonyl (C=S) groups is 1. The Labute approximate surface area is 220 Å². The SMILES string of the molecule is CCCC(=O)Nc1ccc(C(=O)NNC(=S)NC(=O)c2cccc(OCCOc3ccccc3)c2)cc1. The summed E-state index contributed by atoms with van der Waals surface area (Å²) in [5, 5.41) is 5.17. The lowest BCUT2D eigenvalue weighted by Crippen LogP contribution is -2.48. The number of para-hydroxylation sites is 1. The van der Waals surface area contributed by atoms with Gasteiger partial charge in [0.2, 0.25) is 5.91 Å². The first-order valence-corrected chi connectivity index (χ1v) is 12.1. The first kappa shape index (κ1) is 27.2. The molecule has 3 aromatic carbocycles. The molecular formula is C27H28N4O5S. The van der Waals surface area contributed by atoms with E-state index in [4.69, 9.17) is 21.7 Å². The van der Waals surface area contributed by atoms with Gasteiger partial charge in [0.1, 0.15) is 24.7 Å². The first-order chi connectivity index (χ1) is 17.9. The van der Waals surface area contributed by atoms with Crippen LogP contribution in [0.4, 0.5) is 5.69 Å². The summed E-state index contributed by atoms with van der Waals surface area (Å²) in [5.41, 5.74) is 6.20. The van der Waals surface area contributed by atoms with Crippen LogP contribution in [0, 0.1) is 0 Å². The standard InChI is InChI=1S/C27H28N4O5S/c1-2-7-24(32)28-21-14-12-19(13-15-21)26(34)30-31-27(37)29-25(33)20-8-6-11-23(18-20)36-17-16-35-22-9-4-3-5-10-22/h3-6,8-15,18H,2,7,16-17H2,1H3,(H,28,32)(H,30,34)(H2,29,31,33,37). The molecule has 0 atom stereocenters. The molecule has 0 aromatic heterocycles. The number of ether oxygens (including phenoxy) is 2. The summed E-state index contributed by atoms with van der Waals surface area (Å²) in [6.07, 6.45) is 1.18. The maximum Gasteiger partial charge on any atom is 0.269 e. The van der Waals surface area contributed by atoms with Crippen molar-refractivity contribution in [2.45, 2.75) is 19.8 Å². The number of anilines is 1. The number of carbonyl (C=O) groups is 3. The minimum atomic E-state index is -0.468. The van der Waals surface area contributed by atoms with E-state index in [2.05, 4.69) is 21.5 Å². The number of rotatable bonds is 10. The van der Waals surface area contributed by atoms with E-state index in [-0.39, 0.29) is 11.0 Å². The lowest BCUT2D eigenvalue weighted by molar-refractivity contribution is -0.116. The monoisotopic (exact) mass is 520 g/mol. The van der Waals surface area contributed by atoms with E-state index in [0.717, 1.165) is 12.2 Å². The minimum absolute atomic E-state index is 0.0793. The van der Waals surface area contributed by atoms with Crippen LogP contribution in [0.2, 0.25) is 0 Å². The van der Waals surface area contributed by atoms with Gasteiger partial charge in [-0.2, -0.15) is 0 Å². The predicted molar refractivity (Wildman–Crippen MR) is 145 cm³/mol. The summed E-state index contributed by atoms with van der Waals surface area (Å²) < 4.78 is 11.2. The van der Waals surface area contributed by atoms with Crippen molar-refractivity contribution in [1.29, 1.82) is 0 Å². The zero-order valence-electron chi connectivity index (χ0n) is 20.3. The zero-order chi connectivity index (χ0) is 26.5. The summed E-state index contributed by atoms with van der Waals surface area (Å²) in [6, 6.07) is 22.4. The van der Waals surface area contributed by atoms with Crippen molar-refractivity contribution in [3.05, 3.63) is 90.0 Å². The predicted octanol–water partition coefficient (Wildman–Crippen LogP) is 3.83. The molecule has 10 heteroatoms. The van der Waals surface area contributed by atoms with Gasteiger partial charge in [0.15, 0.2) is 5.11 Å². The minimum Gasteiger partial charge on any atom is -0.490 e. The van der Waals surface area contributed by atoms with Crippen molar-refractivity contribution in [2.24, 2.45) is 0 Å². The Kier molecular flexibility index (Phi) is 10.4. The molecule has 0 unspecified atom stereocenters. The van der Waals surface area contributed by atoms with Gasteiger partial charge in [0.05, 0.1) is 0 Å². The highest BCUT2D eigenvalue weighted by Crippen LogP contribution is 2.14. The van der Waals surface area contributed by atoms with Crippen molar-refractivity contribution >= 4 is 40.7 Å². The van der Waals surface area contributed by atoms with Crippen LogP contribution in [-0.2, 0) is 4.79 Å². The Morgan fingerprint density at radius 3 is 2.14 bits per heavy atom. The molecule has 0 heterocycles. The van der Waals surface area contributed by atoms with Gasteiger partial charge in [-0.15, -0.1) is 0 Å². The second-order valence-corrected chi connectivity index (χ2v) is 8.18. The quantitative estimate of drug-likeness (QED) is 0.182. The molecule has 0 fully saturated rings. The van der Waals surface area contributed by atoms with E-state index in [1.807, 2.05) is 37.3 Å². The molecule has 4 N–H and O–H groups in total. The highest BCUT2D eigenvalue weighted by molar-refractivity contribution is 7.80. The molecule has 37 heavy (non-hydrogen) atoms. The third kappa shape index (κ3) is 9.26. The zero-order valence-corrected chi connectivity index (χ0v) is 21.1. The van der Waals surface area contributed by atoms with Crippen LogP contribution < -0.4 is 31.0 Å². The maximum atomic E-state index is 12.5. The highest BCUT2D eigenvalue weighted by Gasteiger charge is 2.11. The fourth-order valence-corrected chi connectivity index (χ4v) is 3.25. The van der Waals surface area contributed by atoms with Crippen LogP contribution in [0.1, 0.15) is 40.5 Å². The molecule has 3 rings (SSSR count). The third-order valence-corrected chi connectivity index (χ3v) is 5.09. The number of carbonyl (C=O) groups excluding carboxylic acids is 3. The van der Waals surface area contributed by atoms with Gasteiger partial charge >= 0.3 is 0 Å². The molecule has 0 aliphatic rings. The summed E-state index contributed by atoms with van der Waals surface area (Å²) in [5.74, 6) is 0.240. The number of hydrogen-bond donors (Lipinski definition) is 4. The van der Waals surface area contributed by atoms with Gasteiger partial charge in [-0.1, -0.05) is 31.2 Å². The van der Waals surface area contributed by atoms with Crippen molar-refractivity contribution in [1.82, 2.24) is 16.2 Å². The smallest absolute Gasteiger partial charge is 0.269 e.